The van der Waals surface area contributed by atoms with E-state index < -0.39 is 30.0 Å². The van der Waals surface area contributed by atoms with Crippen molar-refractivity contribution < 1.29 is 22.7 Å². The van der Waals surface area contributed by atoms with Gasteiger partial charge in [0, 0.05) is 6.54 Å². The van der Waals surface area contributed by atoms with Gasteiger partial charge in [-0.25, -0.2) is 0 Å². The van der Waals surface area contributed by atoms with Crippen LogP contribution in [0.2, 0.25) is 0 Å². The molecule has 1 N–H and O–H groups in total. The van der Waals surface area contributed by atoms with Crippen molar-refractivity contribution in [2.75, 3.05) is 13.2 Å². The van der Waals surface area contributed by atoms with Crippen molar-refractivity contribution in [3.05, 3.63) is 42.0 Å². The van der Waals surface area contributed by atoms with Crippen LogP contribution < -0.4 is 10.1 Å². The van der Waals surface area contributed by atoms with Crippen molar-refractivity contribution in [3.63, 3.8) is 0 Å². The fourth-order valence-corrected chi connectivity index (χ4v) is 1.33. The van der Waals surface area contributed by atoms with E-state index in [-0.39, 0.29) is 12.1 Å². The highest BCUT2D eigenvalue weighted by Crippen LogP contribution is 2.36. The third-order valence-corrected chi connectivity index (χ3v) is 2.22. The van der Waals surface area contributed by atoms with Gasteiger partial charge in [-0.05, 0) is 18.2 Å². The first kappa shape index (κ1) is 15.6. The summed E-state index contributed by atoms with van der Waals surface area (Å²) in [4.78, 5) is 11.2. The van der Waals surface area contributed by atoms with Gasteiger partial charge in [0.25, 0.3) is 5.91 Å². The Labute approximate surface area is 113 Å². The molecule has 0 saturated heterocycles. The van der Waals surface area contributed by atoms with Gasteiger partial charge in [-0.2, -0.15) is 18.4 Å². The number of benzene rings is 1. The molecule has 0 bridgehead atoms. The molecule has 0 fully saturated rings. The van der Waals surface area contributed by atoms with E-state index in [0.717, 1.165) is 6.07 Å². The average Bonchev–Trinajstić information content (AvgIpc) is 2.41. The van der Waals surface area contributed by atoms with Gasteiger partial charge in [0.05, 0.1) is 17.2 Å². The number of hydrogen-bond acceptors (Lipinski definition) is 3. The molecule has 1 amide bonds. The summed E-state index contributed by atoms with van der Waals surface area (Å²) in [6, 6.07) is 4.49. The number of rotatable bonds is 5. The second kappa shape index (κ2) is 6.61. The molecule has 0 atom stereocenters. The summed E-state index contributed by atoms with van der Waals surface area (Å²) in [6.45, 7) is 3.02. The summed E-state index contributed by atoms with van der Waals surface area (Å²) in [7, 11) is 0. The third-order valence-electron chi connectivity index (χ3n) is 2.22. The largest absolute Gasteiger partial charge is 0.483 e. The summed E-state index contributed by atoms with van der Waals surface area (Å²) in [5.41, 5.74) is -1.23. The molecule has 0 spiro atoms. The Morgan fingerprint density at radius 1 is 1.50 bits per heavy atom. The number of nitriles is 1. The molecule has 7 heteroatoms. The molecule has 0 saturated carbocycles. The molecular weight excluding hydrogens is 273 g/mol. The molecule has 20 heavy (non-hydrogen) atoms. The highest BCUT2D eigenvalue weighted by molar-refractivity contribution is 5.77. The van der Waals surface area contributed by atoms with Gasteiger partial charge in [-0.15, -0.1) is 6.58 Å². The first-order valence-corrected chi connectivity index (χ1v) is 5.50. The lowest BCUT2D eigenvalue weighted by atomic mass is 10.1. The number of carbonyl (C=O) groups is 1. The van der Waals surface area contributed by atoms with E-state index in [0.29, 0.717) is 6.07 Å². The standard InChI is InChI=1S/C13H11F3N2O2/c1-2-5-18-12(19)8-20-11-4-3-9(7-17)6-10(11)13(14,15)16/h2-4,6H,1,5,8H2,(H,18,19). The molecule has 106 valence electrons. The van der Waals surface area contributed by atoms with Crippen molar-refractivity contribution in [2.24, 2.45) is 0 Å². The molecular formula is C13H11F3N2O2. The van der Waals surface area contributed by atoms with E-state index in [1.165, 1.54) is 12.1 Å². The number of halogens is 3. The maximum Gasteiger partial charge on any atom is 0.420 e. The Bertz CT molecular complexity index is 548. The maximum atomic E-state index is 12.8. The van der Waals surface area contributed by atoms with Crippen LogP contribution in [0.25, 0.3) is 0 Å². The summed E-state index contributed by atoms with van der Waals surface area (Å²) in [6.07, 6.45) is -3.24. The minimum Gasteiger partial charge on any atom is -0.483 e. The fraction of sp³-hybridized carbons (Fsp3) is 0.231. The van der Waals surface area contributed by atoms with E-state index in [1.807, 2.05) is 0 Å². The highest BCUT2D eigenvalue weighted by Gasteiger charge is 2.34. The summed E-state index contributed by atoms with van der Waals surface area (Å²) in [5.74, 6) is -1.06. The molecule has 0 unspecified atom stereocenters. The third kappa shape index (κ3) is 4.31. The van der Waals surface area contributed by atoms with Gasteiger partial charge in [-0.1, -0.05) is 6.08 Å². The normalized spacial score (nSPS) is 10.5. The predicted octanol–water partition coefficient (Wildman–Crippen LogP) is 2.26. The van der Waals surface area contributed by atoms with Crippen molar-refractivity contribution in [1.29, 1.82) is 5.26 Å². The van der Waals surface area contributed by atoms with Gasteiger partial charge in [0.15, 0.2) is 6.61 Å². The summed E-state index contributed by atoms with van der Waals surface area (Å²) in [5, 5.41) is 11.0. The molecule has 0 aliphatic carbocycles. The minimum absolute atomic E-state index is 0.138. The Balaban J connectivity index is 2.87. The van der Waals surface area contributed by atoms with E-state index >= 15 is 0 Å². The smallest absolute Gasteiger partial charge is 0.420 e. The molecule has 0 aliphatic heterocycles. The van der Waals surface area contributed by atoms with E-state index in [1.54, 1.807) is 6.07 Å². The lowest BCUT2D eigenvalue weighted by molar-refractivity contribution is -0.139. The van der Waals surface area contributed by atoms with E-state index in [2.05, 4.69) is 11.9 Å². The Hall–Kier alpha value is -2.49. The fourth-order valence-electron chi connectivity index (χ4n) is 1.33. The summed E-state index contributed by atoms with van der Waals surface area (Å²) >= 11 is 0. The topological polar surface area (TPSA) is 62.1 Å². The molecule has 0 aliphatic rings. The second-order valence-corrected chi connectivity index (χ2v) is 3.70. The molecule has 1 rings (SSSR count). The number of alkyl halides is 3. The monoisotopic (exact) mass is 284 g/mol. The first-order chi connectivity index (χ1) is 9.38. The van der Waals surface area contributed by atoms with Gasteiger partial charge < -0.3 is 10.1 Å². The number of nitrogens with one attached hydrogen (secondary N) is 1. The molecule has 4 nitrogen and oxygen atoms in total. The average molecular weight is 284 g/mol. The van der Waals surface area contributed by atoms with Gasteiger partial charge in [0.1, 0.15) is 5.75 Å². The van der Waals surface area contributed by atoms with E-state index in [4.69, 9.17) is 10.00 Å². The minimum atomic E-state index is -4.67. The zero-order valence-corrected chi connectivity index (χ0v) is 10.3. The van der Waals surface area contributed by atoms with Crippen LogP contribution >= 0.6 is 0 Å². The zero-order chi connectivity index (χ0) is 15.2. The van der Waals surface area contributed by atoms with Gasteiger partial charge >= 0.3 is 6.18 Å². The quantitative estimate of drug-likeness (QED) is 0.844. The SMILES string of the molecule is C=CCNC(=O)COc1ccc(C#N)cc1C(F)(F)F. The van der Waals surface area contributed by atoms with Crippen LogP contribution in [0.1, 0.15) is 11.1 Å². The number of ether oxygens (including phenoxy) is 1. The Morgan fingerprint density at radius 2 is 2.20 bits per heavy atom. The van der Waals surface area contributed by atoms with Crippen molar-refractivity contribution in [2.45, 2.75) is 6.18 Å². The van der Waals surface area contributed by atoms with Crippen LogP contribution in [0.15, 0.2) is 30.9 Å². The number of hydrogen-bond donors (Lipinski definition) is 1. The van der Waals surface area contributed by atoms with Crippen LogP contribution in [0, 0.1) is 11.3 Å². The predicted molar refractivity (Wildman–Crippen MR) is 64.9 cm³/mol. The highest BCUT2D eigenvalue weighted by atomic mass is 19.4. The van der Waals surface area contributed by atoms with Crippen molar-refractivity contribution >= 4 is 5.91 Å². The zero-order valence-electron chi connectivity index (χ0n) is 10.3. The lowest BCUT2D eigenvalue weighted by Gasteiger charge is -2.13. The number of carbonyl (C=O) groups excluding carboxylic acids is 1. The molecule has 1 aromatic carbocycles. The molecule has 1 aromatic rings. The van der Waals surface area contributed by atoms with Crippen LogP contribution in [-0.4, -0.2) is 19.1 Å². The molecule has 0 heterocycles. The molecule has 0 aromatic heterocycles. The summed E-state index contributed by atoms with van der Waals surface area (Å²) < 4.78 is 43.2. The molecule has 0 radical (unpaired) electrons. The Kier molecular flexibility index (Phi) is 5.15. The van der Waals surface area contributed by atoms with Crippen LogP contribution in [-0.2, 0) is 11.0 Å². The van der Waals surface area contributed by atoms with Gasteiger partial charge in [0.2, 0.25) is 0 Å². The van der Waals surface area contributed by atoms with Gasteiger partial charge in [-0.3, -0.25) is 4.79 Å². The van der Waals surface area contributed by atoms with E-state index in [9.17, 15) is 18.0 Å². The van der Waals surface area contributed by atoms with Crippen LogP contribution in [0.5, 0.6) is 5.75 Å². The first-order valence-electron chi connectivity index (χ1n) is 5.50. The second-order valence-electron chi connectivity index (χ2n) is 3.70. The van der Waals surface area contributed by atoms with Crippen LogP contribution in [0.3, 0.4) is 0 Å². The maximum absolute atomic E-state index is 12.8. The number of nitrogens with zero attached hydrogens (tertiary/aromatic N) is 1. The lowest BCUT2D eigenvalue weighted by Crippen LogP contribution is -2.29. The van der Waals surface area contributed by atoms with Crippen molar-refractivity contribution in [3.8, 4) is 11.8 Å². The number of amides is 1. The van der Waals surface area contributed by atoms with Crippen molar-refractivity contribution in [1.82, 2.24) is 5.32 Å². The Morgan fingerprint density at radius 3 is 2.75 bits per heavy atom. The van der Waals surface area contributed by atoms with Crippen LogP contribution in [0.4, 0.5) is 13.2 Å².